The lowest BCUT2D eigenvalue weighted by atomic mass is 9.98. The molecule has 1 aliphatic rings. The van der Waals surface area contributed by atoms with E-state index in [4.69, 9.17) is 9.84 Å². The summed E-state index contributed by atoms with van der Waals surface area (Å²) in [4.78, 5) is 37.2. The lowest BCUT2D eigenvalue weighted by molar-refractivity contribution is -0.136. The molecule has 29 heavy (non-hydrogen) atoms. The van der Waals surface area contributed by atoms with Crippen LogP contribution in [0.5, 0.6) is 5.75 Å². The Kier molecular flexibility index (Phi) is 6.46. The van der Waals surface area contributed by atoms with Crippen LogP contribution in [0.15, 0.2) is 54.6 Å². The van der Waals surface area contributed by atoms with E-state index in [0.717, 1.165) is 10.6 Å². The highest BCUT2D eigenvalue weighted by Gasteiger charge is 2.40. The number of ether oxygens (including phenoxy) is 1. The van der Waals surface area contributed by atoms with E-state index in [2.05, 4.69) is 10.7 Å². The zero-order chi connectivity index (χ0) is 20.8. The SMILES string of the molecule is CC(CC(=O)NN1C(=O)N[C@H](c2ccc(OCCO)cc2)C1=O)c1ccccc1. The van der Waals surface area contributed by atoms with Gasteiger partial charge in [0.2, 0.25) is 5.91 Å². The Balaban J connectivity index is 1.60. The maximum absolute atomic E-state index is 12.6. The minimum Gasteiger partial charge on any atom is -0.491 e. The van der Waals surface area contributed by atoms with Crippen molar-refractivity contribution >= 4 is 17.8 Å². The number of hydrogen-bond acceptors (Lipinski definition) is 5. The number of carbonyl (C=O) groups excluding carboxylic acids is 3. The molecule has 1 saturated heterocycles. The van der Waals surface area contributed by atoms with Crippen molar-refractivity contribution in [2.75, 3.05) is 13.2 Å². The molecule has 2 aromatic rings. The summed E-state index contributed by atoms with van der Waals surface area (Å²) in [6, 6.07) is 14.6. The average Bonchev–Trinajstić information content (AvgIpc) is 3.01. The highest BCUT2D eigenvalue weighted by atomic mass is 16.5. The van der Waals surface area contributed by atoms with Gasteiger partial charge >= 0.3 is 6.03 Å². The molecule has 2 atom stereocenters. The molecule has 1 unspecified atom stereocenters. The van der Waals surface area contributed by atoms with Gasteiger partial charge in [0.15, 0.2) is 0 Å². The van der Waals surface area contributed by atoms with Crippen molar-refractivity contribution in [1.29, 1.82) is 0 Å². The minimum atomic E-state index is -0.888. The topological polar surface area (TPSA) is 108 Å². The van der Waals surface area contributed by atoms with Crippen molar-refractivity contribution in [1.82, 2.24) is 15.8 Å². The molecular weight excluding hydrogens is 374 g/mol. The molecule has 0 aliphatic carbocycles. The predicted octanol–water partition coefficient (Wildman–Crippen LogP) is 1.88. The zero-order valence-corrected chi connectivity index (χ0v) is 16.0. The van der Waals surface area contributed by atoms with Gasteiger partial charge in [-0.3, -0.25) is 15.0 Å². The van der Waals surface area contributed by atoms with Gasteiger partial charge in [0, 0.05) is 6.42 Å². The summed E-state index contributed by atoms with van der Waals surface area (Å²) < 4.78 is 5.28. The summed E-state index contributed by atoms with van der Waals surface area (Å²) in [7, 11) is 0. The molecule has 8 nitrogen and oxygen atoms in total. The molecule has 3 N–H and O–H groups in total. The van der Waals surface area contributed by atoms with E-state index < -0.39 is 23.9 Å². The third-order valence-corrected chi connectivity index (χ3v) is 4.61. The number of nitrogens with zero attached hydrogens (tertiary/aromatic N) is 1. The Morgan fingerprint density at radius 3 is 2.52 bits per heavy atom. The molecule has 0 saturated carbocycles. The molecule has 2 aromatic carbocycles. The predicted molar refractivity (Wildman–Crippen MR) is 105 cm³/mol. The Hall–Kier alpha value is -3.39. The van der Waals surface area contributed by atoms with E-state index in [1.54, 1.807) is 24.3 Å². The van der Waals surface area contributed by atoms with Crippen molar-refractivity contribution in [3.8, 4) is 5.75 Å². The van der Waals surface area contributed by atoms with Gasteiger partial charge in [-0.1, -0.05) is 49.4 Å². The molecule has 0 aromatic heterocycles. The number of rotatable bonds is 8. The molecular formula is C21H23N3O5. The van der Waals surface area contributed by atoms with Gasteiger partial charge in [-0.2, -0.15) is 5.01 Å². The van der Waals surface area contributed by atoms with Crippen molar-refractivity contribution in [2.45, 2.75) is 25.3 Å². The number of urea groups is 1. The van der Waals surface area contributed by atoms with Gasteiger partial charge in [0.05, 0.1) is 6.61 Å². The van der Waals surface area contributed by atoms with E-state index in [0.29, 0.717) is 11.3 Å². The molecule has 1 fully saturated rings. The van der Waals surface area contributed by atoms with Crippen LogP contribution in [0.1, 0.15) is 36.4 Å². The number of hydrogen-bond donors (Lipinski definition) is 3. The highest BCUT2D eigenvalue weighted by molar-refractivity contribution is 6.05. The summed E-state index contributed by atoms with van der Waals surface area (Å²) in [5.41, 5.74) is 3.96. The Morgan fingerprint density at radius 1 is 1.17 bits per heavy atom. The Morgan fingerprint density at radius 2 is 1.86 bits per heavy atom. The number of nitrogens with one attached hydrogen (secondary N) is 2. The first-order chi connectivity index (χ1) is 14.0. The number of aliphatic hydroxyl groups is 1. The molecule has 1 aliphatic heterocycles. The highest BCUT2D eigenvalue weighted by Crippen LogP contribution is 2.24. The second kappa shape index (κ2) is 9.20. The van der Waals surface area contributed by atoms with Crippen LogP contribution in [0.3, 0.4) is 0 Å². The number of aliphatic hydroxyl groups excluding tert-OH is 1. The summed E-state index contributed by atoms with van der Waals surface area (Å²) in [6.07, 6.45) is 0.142. The fourth-order valence-electron chi connectivity index (χ4n) is 3.08. The minimum absolute atomic E-state index is 0.0563. The molecule has 152 valence electrons. The van der Waals surface area contributed by atoms with Crippen molar-refractivity contribution < 1.29 is 24.2 Å². The molecule has 4 amide bonds. The third-order valence-electron chi connectivity index (χ3n) is 4.61. The van der Waals surface area contributed by atoms with Crippen LogP contribution in [0.4, 0.5) is 4.79 Å². The van der Waals surface area contributed by atoms with Gasteiger partial charge in [-0.25, -0.2) is 4.79 Å². The van der Waals surface area contributed by atoms with Crippen LogP contribution in [-0.2, 0) is 9.59 Å². The van der Waals surface area contributed by atoms with E-state index >= 15 is 0 Å². The fraction of sp³-hybridized carbons (Fsp3) is 0.286. The van der Waals surface area contributed by atoms with E-state index in [1.807, 2.05) is 37.3 Å². The lowest BCUT2D eigenvalue weighted by Crippen LogP contribution is -2.46. The van der Waals surface area contributed by atoms with Crippen LogP contribution < -0.4 is 15.5 Å². The number of benzene rings is 2. The Bertz CT molecular complexity index is 870. The molecule has 3 rings (SSSR count). The van der Waals surface area contributed by atoms with Gasteiger partial charge in [0.25, 0.3) is 5.91 Å². The largest absolute Gasteiger partial charge is 0.491 e. The standard InChI is InChI=1S/C21H23N3O5/c1-14(15-5-3-2-4-6-15)13-18(26)23-24-20(27)19(22-21(24)28)16-7-9-17(10-8-16)29-12-11-25/h2-10,14,19,25H,11-13H2,1H3,(H,22,28)(H,23,26)/t14?,19-/m1/s1. The first-order valence-corrected chi connectivity index (χ1v) is 9.32. The second-order valence-electron chi connectivity index (χ2n) is 6.75. The second-order valence-corrected chi connectivity index (χ2v) is 6.75. The fourth-order valence-corrected chi connectivity index (χ4v) is 3.08. The van der Waals surface area contributed by atoms with Crippen molar-refractivity contribution in [3.05, 3.63) is 65.7 Å². The van der Waals surface area contributed by atoms with E-state index in [1.165, 1.54) is 0 Å². The summed E-state index contributed by atoms with van der Waals surface area (Å²) in [5.74, 6) is -0.489. The molecule has 0 bridgehead atoms. The van der Waals surface area contributed by atoms with E-state index in [-0.39, 0.29) is 25.6 Å². The lowest BCUT2D eigenvalue weighted by Gasteiger charge is -2.17. The summed E-state index contributed by atoms with van der Waals surface area (Å²) in [5, 5.41) is 12.1. The van der Waals surface area contributed by atoms with Crippen molar-refractivity contribution in [3.63, 3.8) is 0 Å². The maximum Gasteiger partial charge on any atom is 0.344 e. The van der Waals surface area contributed by atoms with Gasteiger partial charge in [0.1, 0.15) is 18.4 Å². The molecule has 1 heterocycles. The van der Waals surface area contributed by atoms with Gasteiger partial charge < -0.3 is 15.2 Å². The monoisotopic (exact) mass is 397 g/mol. The van der Waals surface area contributed by atoms with Crippen LogP contribution >= 0.6 is 0 Å². The van der Waals surface area contributed by atoms with E-state index in [9.17, 15) is 14.4 Å². The molecule has 0 spiro atoms. The van der Waals surface area contributed by atoms with Gasteiger partial charge in [-0.05, 0) is 29.2 Å². The number of amides is 4. The van der Waals surface area contributed by atoms with Gasteiger partial charge in [-0.15, -0.1) is 0 Å². The first-order valence-electron chi connectivity index (χ1n) is 9.32. The number of carbonyl (C=O) groups is 3. The smallest absolute Gasteiger partial charge is 0.344 e. The molecule has 0 radical (unpaired) electrons. The maximum atomic E-state index is 12.6. The third kappa shape index (κ3) is 4.91. The van der Waals surface area contributed by atoms with Crippen molar-refractivity contribution in [2.24, 2.45) is 0 Å². The van der Waals surface area contributed by atoms with Crippen LogP contribution in [0.2, 0.25) is 0 Å². The quantitative estimate of drug-likeness (QED) is 0.590. The zero-order valence-electron chi connectivity index (χ0n) is 16.0. The number of hydrazine groups is 1. The average molecular weight is 397 g/mol. The van der Waals surface area contributed by atoms with Crippen LogP contribution in [0, 0.1) is 0 Å². The van der Waals surface area contributed by atoms with Crippen LogP contribution in [0.25, 0.3) is 0 Å². The first kappa shape index (κ1) is 20.3. The molecule has 8 heteroatoms. The summed E-state index contributed by atoms with van der Waals surface area (Å²) >= 11 is 0. The summed E-state index contributed by atoms with van der Waals surface area (Å²) in [6.45, 7) is 1.97. The normalized spacial score (nSPS) is 17.0. The van der Waals surface area contributed by atoms with Crippen LogP contribution in [-0.4, -0.2) is 41.2 Å². The Labute approximate surface area is 168 Å². The number of imide groups is 1.